The van der Waals surface area contributed by atoms with Gasteiger partial charge < -0.3 is 10.2 Å². The molecule has 0 amide bonds. The SMILES string of the molecule is C#CC(C)(O)CC/C=C(\C)CCCC(C)C.C=CC(C)(O)CC/C=C(\C)CCCC(C)C.[HH]. The van der Waals surface area contributed by atoms with Crippen LogP contribution in [-0.4, -0.2) is 21.4 Å². The maximum atomic E-state index is 9.74. The summed E-state index contributed by atoms with van der Waals surface area (Å²) in [7, 11) is 0. The van der Waals surface area contributed by atoms with E-state index in [1.54, 1.807) is 13.0 Å². The van der Waals surface area contributed by atoms with E-state index in [-0.39, 0.29) is 1.43 Å². The molecule has 188 valence electrons. The third kappa shape index (κ3) is 23.4. The van der Waals surface area contributed by atoms with Gasteiger partial charge in [-0.25, -0.2) is 0 Å². The summed E-state index contributed by atoms with van der Waals surface area (Å²) in [5.41, 5.74) is 1.19. The van der Waals surface area contributed by atoms with Crippen molar-refractivity contribution >= 4 is 0 Å². The zero-order chi connectivity index (χ0) is 25.2. The molecule has 0 aromatic rings. The molecule has 32 heavy (non-hydrogen) atoms. The monoisotopic (exact) mass is 448 g/mol. The van der Waals surface area contributed by atoms with E-state index in [1.165, 1.54) is 43.3 Å². The molecule has 0 fully saturated rings. The molecular weight excluding hydrogens is 392 g/mol. The maximum Gasteiger partial charge on any atom is 0.122 e. The average molecular weight is 449 g/mol. The van der Waals surface area contributed by atoms with Crippen molar-refractivity contribution in [2.45, 2.75) is 131 Å². The highest BCUT2D eigenvalue weighted by Crippen LogP contribution is 2.17. The van der Waals surface area contributed by atoms with Gasteiger partial charge in [-0.1, -0.05) is 75.8 Å². The Hall–Kier alpha value is -1.30. The molecule has 2 heteroatoms. The number of allylic oxidation sites excluding steroid dienone is 4. The van der Waals surface area contributed by atoms with Gasteiger partial charge in [-0.15, -0.1) is 13.0 Å². The molecule has 2 nitrogen and oxygen atoms in total. The summed E-state index contributed by atoms with van der Waals surface area (Å²) >= 11 is 0. The highest BCUT2D eigenvalue weighted by Gasteiger charge is 2.14. The Balaban J connectivity index is -0.000000529. The summed E-state index contributed by atoms with van der Waals surface area (Å²) in [5.74, 6) is 3.99. The van der Waals surface area contributed by atoms with Gasteiger partial charge in [0.2, 0.25) is 0 Å². The van der Waals surface area contributed by atoms with Crippen molar-refractivity contribution in [3.05, 3.63) is 36.0 Å². The van der Waals surface area contributed by atoms with Crippen LogP contribution in [-0.2, 0) is 0 Å². The van der Waals surface area contributed by atoms with E-state index in [0.29, 0.717) is 6.42 Å². The van der Waals surface area contributed by atoms with E-state index in [9.17, 15) is 10.2 Å². The fraction of sp³-hybridized carbons (Fsp3) is 0.733. The highest BCUT2D eigenvalue weighted by molar-refractivity contribution is 5.06. The van der Waals surface area contributed by atoms with Crippen LogP contribution in [0.1, 0.15) is 121 Å². The van der Waals surface area contributed by atoms with E-state index in [2.05, 4.69) is 66.2 Å². The summed E-state index contributed by atoms with van der Waals surface area (Å²) in [6, 6.07) is 0. The van der Waals surface area contributed by atoms with Crippen molar-refractivity contribution < 1.29 is 11.6 Å². The minimum absolute atomic E-state index is 0. The molecule has 0 saturated heterocycles. The highest BCUT2D eigenvalue weighted by atomic mass is 16.3. The van der Waals surface area contributed by atoms with E-state index in [1.807, 2.05) is 6.92 Å². The second-order valence-electron chi connectivity index (χ2n) is 10.7. The molecule has 0 bridgehead atoms. The fourth-order valence-corrected chi connectivity index (χ4v) is 3.17. The number of hydrogen-bond donors (Lipinski definition) is 2. The lowest BCUT2D eigenvalue weighted by atomic mass is 9.98. The topological polar surface area (TPSA) is 40.5 Å². The summed E-state index contributed by atoms with van der Waals surface area (Å²) in [6.07, 6.45) is 22.0. The first-order chi connectivity index (χ1) is 14.7. The zero-order valence-corrected chi connectivity index (χ0v) is 22.6. The molecular formula is C30H56O2. The molecule has 0 aliphatic heterocycles. The molecule has 0 aromatic heterocycles. The van der Waals surface area contributed by atoms with Crippen molar-refractivity contribution in [2.75, 3.05) is 0 Å². The number of hydrogen-bond acceptors (Lipinski definition) is 2. The molecule has 0 aromatic carbocycles. The van der Waals surface area contributed by atoms with E-state index < -0.39 is 11.2 Å². The van der Waals surface area contributed by atoms with Crippen LogP contribution in [0, 0.1) is 24.2 Å². The Morgan fingerprint density at radius 3 is 1.66 bits per heavy atom. The second kappa shape index (κ2) is 18.2. The fourth-order valence-electron chi connectivity index (χ4n) is 3.17. The minimum Gasteiger partial charge on any atom is -0.386 e. The first kappa shape index (κ1) is 32.9. The van der Waals surface area contributed by atoms with Gasteiger partial charge in [-0.2, -0.15) is 0 Å². The van der Waals surface area contributed by atoms with Gasteiger partial charge in [0.1, 0.15) is 5.60 Å². The first-order valence-corrected chi connectivity index (χ1v) is 12.6. The lowest BCUT2D eigenvalue weighted by Gasteiger charge is -2.16. The molecule has 0 aliphatic carbocycles. The quantitative estimate of drug-likeness (QED) is 0.194. The summed E-state index contributed by atoms with van der Waals surface area (Å²) < 4.78 is 0. The predicted molar refractivity (Wildman–Crippen MR) is 146 cm³/mol. The van der Waals surface area contributed by atoms with Crippen LogP contribution in [0.4, 0.5) is 0 Å². The van der Waals surface area contributed by atoms with Crippen molar-refractivity contribution in [3.8, 4) is 12.3 Å². The summed E-state index contributed by atoms with van der Waals surface area (Å²) in [4.78, 5) is 0. The molecule has 0 rings (SSSR count). The normalized spacial score (nSPS) is 16.1. The summed E-state index contributed by atoms with van der Waals surface area (Å²) in [6.45, 7) is 20.5. The lowest BCUT2D eigenvalue weighted by Crippen LogP contribution is -2.20. The van der Waals surface area contributed by atoms with Crippen LogP contribution in [0.5, 0.6) is 0 Å². The third-order valence-electron chi connectivity index (χ3n) is 5.72. The molecule has 2 atom stereocenters. The molecule has 0 saturated carbocycles. The Morgan fingerprint density at radius 1 is 0.906 bits per heavy atom. The van der Waals surface area contributed by atoms with Crippen LogP contribution in [0.25, 0.3) is 0 Å². The van der Waals surface area contributed by atoms with Crippen LogP contribution < -0.4 is 0 Å². The molecule has 0 spiro atoms. The van der Waals surface area contributed by atoms with Crippen molar-refractivity contribution in [1.82, 2.24) is 0 Å². The van der Waals surface area contributed by atoms with Crippen LogP contribution >= 0.6 is 0 Å². The van der Waals surface area contributed by atoms with Crippen molar-refractivity contribution in [3.63, 3.8) is 0 Å². The number of rotatable bonds is 15. The van der Waals surface area contributed by atoms with Gasteiger partial charge in [0.05, 0.1) is 5.60 Å². The van der Waals surface area contributed by atoms with Gasteiger partial charge in [0.25, 0.3) is 0 Å². The predicted octanol–water partition coefficient (Wildman–Crippen LogP) is 8.65. The van der Waals surface area contributed by atoms with Crippen LogP contribution in [0.2, 0.25) is 0 Å². The van der Waals surface area contributed by atoms with Crippen LogP contribution in [0.3, 0.4) is 0 Å². The van der Waals surface area contributed by atoms with Crippen LogP contribution in [0.15, 0.2) is 36.0 Å². The Morgan fingerprint density at radius 2 is 1.31 bits per heavy atom. The molecule has 0 radical (unpaired) electrons. The van der Waals surface area contributed by atoms with E-state index in [0.717, 1.165) is 37.5 Å². The van der Waals surface area contributed by atoms with Crippen molar-refractivity contribution in [1.29, 1.82) is 0 Å². The lowest BCUT2D eigenvalue weighted by molar-refractivity contribution is 0.103. The average Bonchev–Trinajstić information content (AvgIpc) is 2.67. The van der Waals surface area contributed by atoms with Gasteiger partial charge in [-0.05, 0) is 90.9 Å². The standard InChI is InChI=1S/C15H28O.C15H26O.H2/c2*1-6-15(5,16)12-8-11-14(4)10-7-9-13(2)3;/h6,11,13,16H,1,7-10,12H2,2-5H3;1,11,13,16H,7-10,12H2,2-5H3;1H/b2*14-11+;. The van der Waals surface area contributed by atoms with Crippen molar-refractivity contribution in [2.24, 2.45) is 11.8 Å². The smallest absolute Gasteiger partial charge is 0.122 e. The van der Waals surface area contributed by atoms with Gasteiger partial charge in [0.15, 0.2) is 0 Å². The Bertz CT molecular complexity index is 589. The minimum atomic E-state index is -0.950. The Kier molecular flexibility index (Phi) is 18.7. The molecule has 0 heterocycles. The van der Waals surface area contributed by atoms with Gasteiger partial charge in [-0.3, -0.25) is 0 Å². The van der Waals surface area contributed by atoms with E-state index >= 15 is 0 Å². The summed E-state index contributed by atoms with van der Waals surface area (Å²) in [5, 5.41) is 19.4. The maximum absolute atomic E-state index is 9.74. The number of terminal acetylenes is 1. The molecule has 2 N–H and O–H groups in total. The molecule has 2 unspecified atom stereocenters. The van der Waals surface area contributed by atoms with Gasteiger partial charge in [0, 0.05) is 1.43 Å². The zero-order valence-electron chi connectivity index (χ0n) is 22.6. The Labute approximate surface area is 202 Å². The third-order valence-corrected chi connectivity index (χ3v) is 5.72. The van der Waals surface area contributed by atoms with E-state index in [4.69, 9.17) is 6.42 Å². The first-order valence-electron chi connectivity index (χ1n) is 12.6. The largest absolute Gasteiger partial charge is 0.386 e. The molecule has 0 aliphatic rings. The second-order valence-corrected chi connectivity index (χ2v) is 10.7. The number of aliphatic hydroxyl groups is 2. The van der Waals surface area contributed by atoms with Gasteiger partial charge >= 0.3 is 0 Å².